The van der Waals surface area contributed by atoms with Crippen LogP contribution in [0.4, 0.5) is 4.79 Å². The number of likely N-dealkylation sites (N-methyl/N-ethyl adjacent to an activating group) is 1. The maximum absolute atomic E-state index is 12.2. The first-order valence-electron chi connectivity index (χ1n) is 6.50. The fraction of sp³-hybridized carbons (Fsp3) is 0.909. The number of ether oxygens (including phenoxy) is 1. The SMILES string of the molecule is CCOC(=O)NS(=O)(=O)N(CC)C(CC)(CC)CN. The number of amides is 1. The van der Waals surface area contributed by atoms with Gasteiger partial charge < -0.3 is 10.5 Å². The van der Waals surface area contributed by atoms with Crippen LogP contribution in [0.1, 0.15) is 40.5 Å². The molecule has 0 aromatic carbocycles. The lowest BCUT2D eigenvalue weighted by molar-refractivity contribution is 0.153. The summed E-state index contributed by atoms with van der Waals surface area (Å²) < 4.78 is 32.2. The molecule has 0 saturated carbocycles. The van der Waals surface area contributed by atoms with Crippen LogP contribution in [0.2, 0.25) is 0 Å². The van der Waals surface area contributed by atoms with Gasteiger partial charge in [-0.1, -0.05) is 20.8 Å². The molecule has 0 aromatic heterocycles. The number of carbonyl (C=O) groups excluding carboxylic acids is 1. The van der Waals surface area contributed by atoms with Crippen molar-refractivity contribution >= 4 is 16.3 Å². The number of carbonyl (C=O) groups is 1. The van der Waals surface area contributed by atoms with E-state index < -0.39 is 21.8 Å². The second kappa shape index (κ2) is 7.66. The highest BCUT2D eigenvalue weighted by Gasteiger charge is 2.39. The number of nitrogens with one attached hydrogen (secondary N) is 1. The van der Waals surface area contributed by atoms with E-state index in [0.29, 0.717) is 12.8 Å². The summed E-state index contributed by atoms with van der Waals surface area (Å²) in [7, 11) is -3.96. The van der Waals surface area contributed by atoms with Crippen LogP contribution in [-0.4, -0.2) is 44.1 Å². The molecule has 0 unspecified atom stereocenters. The molecule has 0 aliphatic heterocycles. The highest BCUT2D eigenvalue weighted by molar-refractivity contribution is 7.87. The van der Waals surface area contributed by atoms with Crippen molar-refractivity contribution < 1.29 is 17.9 Å². The third-order valence-corrected chi connectivity index (χ3v) is 4.94. The molecule has 0 spiro atoms. The standard InChI is InChI=1S/C11H25N3O4S/c1-5-11(6-2,9-12)14(7-3)19(16,17)13-10(15)18-8-4/h5-9,12H2,1-4H3,(H,13,15). The molecular weight excluding hydrogens is 270 g/mol. The Balaban J connectivity index is 5.27. The first-order valence-corrected chi connectivity index (χ1v) is 7.94. The Morgan fingerprint density at radius 1 is 1.26 bits per heavy atom. The smallest absolute Gasteiger partial charge is 0.421 e. The largest absolute Gasteiger partial charge is 0.449 e. The van der Waals surface area contributed by atoms with Gasteiger partial charge in [0.15, 0.2) is 0 Å². The molecule has 0 rings (SSSR count). The quantitative estimate of drug-likeness (QED) is 0.690. The van der Waals surface area contributed by atoms with Gasteiger partial charge in [-0.15, -0.1) is 0 Å². The normalized spacial score (nSPS) is 12.5. The third-order valence-electron chi connectivity index (χ3n) is 3.29. The van der Waals surface area contributed by atoms with E-state index in [2.05, 4.69) is 4.74 Å². The third kappa shape index (κ3) is 4.32. The predicted octanol–water partition coefficient (Wildman–Crippen LogP) is 0.817. The summed E-state index contributed by atoms with van der Waals surface area (Å²) >= 11 is 0. The van der Waals surface area contributed by atoms with Crippen LogP contribution in [0.15, 0.2) is 0 Å². The lowest BCUT2D eigenvalue weighted by atomic mass is 9.93. The molecule has 7 nitrogen and oxygen atoms in total. The van der Waals surface area contributed by atoms with Gasteiger partial charge in [0, 0.05) is 18.6 Å². The van der Waals surface area contributed by atoms with Gasteiger partial charge in [0.1, 0.15) is 0 Å². The summed E-state index contributed by atoms with van der Waals surface area (Å²) in [6, 6.07) is 0. The van der Waals surface area contributed by atoms with Crippen molar-refractivity contribution in [1.29, 1.82) is 0 Å². The van der Waals surface area contributed by atoms with Crippen molar-refractivity contribution in [2.24, 2.45) is 5.73 Å². The Hall–Kier alpha value is -0.860. The summed E-state index contributed by atoms with van der Waals surface area (Å²) in [5.74, 6) is 0. The average molecular weight is 295 g/mol. The summed E-state index contributed by atoms with van der Waals surface area (Å²) in [4.78, 5) is 11.3. The zero-order valence-corrected chi connectivity index (χ0v) is 12.9. The van der Waals surface area contributed by atoms with Crippen molar-refractivity contribution in [3.63, 3.8) is 0 Å². The molecule has 1 amide bonds. The molecule has 0 atom stereocenters. The lowest BCUT2D eigenvalue weighted by Gasteiger charge is -2.40. The van der Waals surface area contributed by atoms with Gasteiger partial charge in [0.05, 0.1) is 6.61 Å². The molecule has 0 fully saturated rings. The van der Waals surface area contributed by atoms with Crippen LogP contribution in [0.25, 0.3) is 0 Å². The van der Waals surface area contributed by atoms with Crippen LogP contribution < -0.4 is 10.5 Å². The number of rotatable bonds is 8. The van der Waals surface area contributed by atoms with Crippen molar-refractivity contribution in [2.75, 3.05) is 19.7 Å². The molecule has 0 aromatic rings. The fourth-order valence-electron chi connectivity index (χ4n) is 2.07. The summed E-state index contributed by atoms with van der Waals surface area (Å²) in [5.41, 5.74) is 5.05. The topological polar surface area (TPSA) is 102 Å². The zero-order chi connectivity index (χ0) is 15.1. The van der Waals surface area contributed by atoms with Crippen LogP contribution in [0.5, 0.6) is 0 Å². The molecule has 3 N–H and O–H groups in total. The second-order valence-corrected chi connectivity index (χ2v) is 5.72. The Bertz CT molecular complexity index is 371. The van der Waals surface area contributed by atoms with Crippen molar-refractivity contribution in [2.45, 2.75) is 46.1 Å². The molecule has 0 saturated heterocycles. The van der Waals surface area contributed by atoms with E-state index in [0.717, 1.165) is 0 Å². The van der Waals surface area contributed by atoms with Gasteiger partial charge in [0.25, 0.3) is 0 Å². The molecule has 0 aliphatic rings. The van der Waals surface area contributed by atoms with Crippen molar-refractivity contribution in [1.82, 2.24) is 9.03 Å². The first kappa shape index (κ1) is 18.1. The molecule has 114 valence electrons. The average Bonchev–Trinajstić information content (AvgIpc) is 2.35. The van der Waals surface area contributed by atoms with Crippen LogP contribution in [0, 0.1) is 0 Å². The van der Waals surface area contributed by atoms with E-state index in [9.17, 15) is 13.2 Å². The first-order chi connectivity index (χ1) is 8.83. The second-order valence-electron chi connectivity index (χ2n) is 4.13. The minimum atomic E-state index is -3.96. The Labute approximate surface area is 115 Å². The molecule has 19 heavy (non-hydrogen) atoms. The Morgan fingerprint density at radius 3 is 2.11 bits per heavy atom. The molecule has 0 bridgehead atoms. The number of nitrogens with two attached hydrogens (primary N) is 1. The highest BCUT2D eigenvalue weighted by atomic mass is 32.2. The van der Waals surface area contributed by atoms with Crippen LogP contribution in [0.3, 0.4) is 0 Å². The summed E-state index contributed by atoms with van der Waals surface area (Å²) in [6.45, 7) is 7.59. The highest BCUT2D eigenvalue weighted by Crippen LogP contribution is 2.25. The van der Waals surface area contributed by atoms with Gasteiger partial charge in [-0.05, 0) is 19.8 Å². The van der Waals surface area contributed by atoms with Gasteiger partial charge in [-0.2, -0.15) is 12.7 Å². The Morgan fingerprint density at radius 2 is 1.79 bits per heavy atom. The lowest BCUT2D eigenvalue weighted by Crippen LogP contribution is -2.59. The maximum atomic E-state index is 12.2. The van der Waals surface area contributed by atoms with Gasteiger partial charge >= 0.3 is 16.3 Å². The van der Waals surface area contributed by atoms with Gasteiger partial charge in [0.2, 0.25) is 0 Å². The molecule has 0 aliphatic carbocycles. The number of hydrogen-bond acceptors (Lipinski definition) is 5. The van der Waals surface area contributed by atoms with Gasteiger partial charge in [-0.25, -0.2) is 9.52 Å². The van der Waals surface area contributed by atoms with E-state index >= 15 is 0 Å². The molecule has 0 radical (unpaired) electrons. The Kier molecular flexibility index (Phi) is 7.32. The predicted molar refractivity (Wildman–Crippen MR) is 73.8 cm³/mol. The van der Waals surface area contributed by atoms with E-state index in [1.807, 2.05) is 18.6 Å². The maximum Gasteiger partial charge on any atom is 0.421 e. The number of hydrogen-bond donors (Lipinski definition) is 2. The minimum Gasteiger partial charge on any atom is -0.449 e. The zero-order valence-electron chi connectivity index (χ0n) is 12.1. The minimum absolute atomic E-state index is 0.108. The van der Waals surface area contributed by atoms with Crippen LogP contribution >= 0.6 is 0 Å². The summed E-state index contributed by atoms with van der Waals surface area (Å²) in [5, 5.41) is 0. The van der Waals surface area contributed by atoms with Crippen LogP contribution in [-0.2, 0) is 14.9 Å². The van der Waals surface area contributed by atoms with Crippen molar-refractivity contribution in [3.8, 4) is 0 Å². The molecular formula is C11H25N3O4S. The fourth-order valence-corrected chi connectivity index (χ4v) is 3.64. The van der Waals surface area contributed by atoms with E-state index in [-0.39, 0.29) is 19.7 Å². The van der Waals surface area contributed by atoms with E-state index in [1.54, 1.807) is 13.8 Å². The number of nitrogens with zero attached hydrogens (tertiary/aromatic N) is 1. The van der Waals surface area contributed by atoms with Gasteiger partial charge in [-0.3, -0.25) is 0 Å². The summed E-state index contributed by atoms with van der Waals surface area (Å²) in [6.07, 6.45) is 0.161. The van der Waals surface area contributed by atoms with E-state index in [1.165, 1.54) is 4.31 Å². The molecule has 8 heteroatoms. The van der Waals surface area contributed by atoms with E-state index in [4.69, 9.17) is 5.73 Å². The monoisotopic (exact) mass is 295 g/mol. The van der Waals surface area contributed by atoms with Crippen molar-refractivity contribution in [3.05, 3.63) is 0 Å². The molecule has 0 heterocycles.